The first kappa shape index (κ1) is 17.2. The van der Waals surface area contributed by atoms with Crippen LogP contribution >= 0.6 is 0 Å². The topological polar surface area (TPSA) is 99.7 Å². The van der Waals surface area contributed by atoms with Gasteiger partial charge in [0.15, 0.2) is 11.5 Å². The summed E-state index contributed by atoms with van der Waals surface area (Å²) in [5.74, 6) is 0.254. The lowest BCUT2D eigenvalue weighted by molar-refractivity contribution is -0.126. The molecule has 0 saturated heterocycles. The maximum atomic E-state index is 12.9. The number of para-hydroxylation sites is 1. The smallest absolute Gasteiger partial charge is 0.262 e. The highest BCUT2D eigenvalue weighted by Crippen LogP contribution is 2.34. The Hall–Kier alpha value is -2.58. The summed E-state index contributed by atoms with van der Waals surface area (Å²) in [6.45, 7) is 3.54. The molecule has 8 heteroatoms. The number of anilines is 2. The number of amides is 1. The number of hydrogen-bond donors (Lipinski definition) is 4. The largest absolute Gasteiger partial charge is 0.480 e. The number of carbonyl (C=O) groups is 1. The van der Waals surface area contributed by atoms with Crippen LogP contribution in [0, 0.1) is 6.92 Å². The fourth-order valence-corrected chi connectivity index (χ4v) is 3.68. The van der Waals surface area contributed by atoms with Gasteiger partial charge in [-0.3, -0.25) is 15.5 Å². The third kappa shape index (κ3) is 3.59. The van der Waals surface area contributed by atoms with E-state index in [-0.39, 0.29) is 5.91 Å². The summed E-state index contributed by atoms with van der Waals surface area (Å²) in [4.78, 5) is 12.2. The van der Waals surface area contributed by atoms with E-state index >= 15 is 0 Å². The van der Waals surface area contributed by atoms with E-state index in [0.29, 0.717) is 22.7 Å². The summed E-state index contributed by atoms with van der Waals surface area (Å²) in [6, 6.07) is 12.1. The fourth-order valence-electron chi connectivity index (χ4n) is 2.55. The normalized spacial score (nSPS) is 20.5. The summed E-state index contributed by atoms with van der Waals surface area (Å²) < 4.78 is 21.5. The van der Waals surface area contributed by atoms with Crippen LogP contribution in [-0.2, 0) is 15.8 Å². The Balaban J connectivity index is 1.90. The zero-order chi connectivity index (χ0) is 18.0. The van der Waals surface area contributed by atoms with Crippen molar-refractivity contribution >= 4 is 28.3 Å². The van der Waals surface area contributed by atoms with Gasteiger partial charge in [0.1, 0.15) is 16.7 Å². The minimum atomic E-state index is -1.63. The molecule has 2 aromatic rings. The third-order valence-corrected chi connectivity index (χ3v) is 5.15. The molecule has 0 spiro atoms. The molecule has 3 unspecified atom stereocenters. The highest BCUT2D eigenvalue weighted by molar-refractivity contribution is 7.86. The van der Waals surface area contributed by atoms with Crippen molar-refractivity contribution in [1.29, 1.82) is 0 Å². The van der Waals surface area contributed by atoms with Crippen LogP contribution < -0.4 is 20.3 Å². The van der Waals surface area contributed by atoms with Crippen LogP contribution in [0.2, 0.25) is 0 Å². The zero-order valence-electron chi connectivity index (χ0n) is 13.8. The van der Waals surface area contributed by atoms with Crippen LogP contribution in [-0.4, -0.2) is 21.4 Å². The van der Waals surface area contributed by atoms with Gasteiger partial charge in [-0.05, 0) is 43.7 Å². The van der Waals surface area contributed by atoms with E-state index in [2.05, 4.69) is 10.0 Å². The number of hydrogen-bond acceptors (Lipinski definition) is 5. The lowest BCUT2D eigenvalue weighted by atomic mass is 10.1. The molecule has 25 heavy (non-hydrogen) atoms. The Morgan fingerprint density at radius 3 is 2.52 bits per heavy atom. The van der Waals surface area contributed by atoms with Crippen molar-refractivity contribution in [2.45, 2.75) is 25.3 Å². The molecule has 132 valence electrons. The predicted octanol–water partition coefficient (Wildman–Crippen LogP) is 2.47. The van der Waals surface area contributed by atoms with Gasteiger partial charge in [0, 0.05) is 11.3 Å². The molecule has 2 aromatic carbocycles. The van der Waals surface area contributed by atoms with Crippen LogP contribution in [0.15, 0.2) is 42.5 Å². The van der Waals surface area contributed by atoms with Crippen LogP contribution in [0.25, 0.3) is 0 Å². The zero-order valence-corrected chi connectivity index (χ0v) is 14.6. The number of aryl methyl sites for hydroxylation is 1. The maximum Gasteiger partial charge on any atom is 0.262 e. The van der Waals surface area contributed by atoms with E-state index in [0.717, 1.165) is 5.56 Å². The van der Waals surface area contributed by atoms with Gasteiger partial charge in [-0.25, -0.2) is 4.21 Å². The van der Waals surface area contributed by atoms with E-state index in [1.165, 1.54) is 0 Å². The summed E-state index contributed by atoms with van der Waals surface area (Å²) >= 11 is 0. The third-order valence-electron chi connectivity index (χ3n) is 3.91. The summed E-state index contributed by atoms with van der Waals surface area (Å²) in [6.07, 6.45) is -0.670. The second kappa shape index (κ2) is 7.12. The molecule has 1 aliphatic rings. The number of carbonyl (C=O) groups excluding carboxylic acids is 1. The fraction of sp³-hybridized carbons (Fsp3) is 0.235. The van der Waals surface area contributed by atoms with Crippen molar-refractivity contribution in [2.24, 2.45) is 0 Å². The van der Waals surface area contributed by atoms with Crippen molar-refractivity contribution in [3.05, 3.63) is 53.6 Å². The van der Waals surface area contributed by atoms with Crippen molar-refractivity contribution in [3.8, 4) is 5.75 Å². The second-order valence-electron chi connectivity index (χ2n) is 5.73. The second-order valence-corrected chi connectivity index (χ2v) is 7.00. The molecule has 0 bridgehead atoms. The van der Waals surface area contributed by atoms with Gasteiger partial charge in [0.25, 0.3) is 5.91 Å². The molecular formula is C17H19N3O4S. The van der Waals surface area contributed by atoms with Gasteiger partial charge in [0.05, 0.1) is 5.69 Å². The highest BCUT2D eigenvalue weighted by Gasteiger charge is 2.32. The van der Waals surface area contributed by atoms with Crippen molar-refractivity contribution < 1.29 is 18.9 Å². The summed E-state index contributed by atoms with van der Waals surface area (Å²) in [5.41, 5.74) is 4.68. The standard InChI is InChI=1S/C17H19N3O4S/c1-10-4-3-5-14-15(10)24-11(2)16(21)18-17(14)25(23)20-13-8-6-12(19-22)7-9-13/h3-9,11,17,19-20,22H,1-2H3,(H,18,21). The average molecular weight is 361 g/mol. The lowest BCUT2D eigenvalue weighted by Gasteiger charge is -2.18. The van der Waals surface area contributed by atoms with Gasteiger partial charge in [-0.2, -0.15) is 0 Å². The van der Waals surface area contributed by atoms with Gasteiger partial charge in [-0.1, -0.05) is 18.2 Å². The molecule has 3 rings (SSSR count). The quantitative estimate of drug-likeness (QED) is 0.627. The van der Waals surface area contributed by atoms with Gasteiger partial charge in [-0.15, -0.1) is 0 Å². The predicted molar refractivity (Wildman–Crippen MR) is 95.8 cm³/mol. The highest BCUT2D eigenvalue weighted by atomic mass is 32.2. The Morgan fingerprint density at radius 1 is 1.16 bits per heavy atom. The number of benzene rings is 2. The molecule has 0 radical (unpaired) electrons. The molecule has 3 atom stereocenters. The van der Waals surface area contributed by atoms with Crippen molar-refractivity contribution in [3.63, 3.8) is 0 Å². The molecule has 0 fully saturated rings. The van der Waals surface area contributed by atoms with Crippen LogP contribution in [0.3, 0.4) is 0 Å². The molecular weight excluding hydrogens is 342 g/mol. The first-order chi connectivity index (χ1) is 12.0. The Morgan fingerprint density at radius 2 is 1.84 bits per heavy atom. The molecule has 0 saturated carbocycles. The first-order valence-corrected chi connectivity index (χ1v) is 8.95. The molecule has 4 N–H and O–H groups in total. The molecule has 7 nitrogen and oxygen atoms in total. The molecule has 1 aliphatic heterocycles. The Labute approximate surface area is 147 Å². The maximum absolute atomic E-state index is 12.9. The lowest BCUT2D eigenvalue weighted by Crippen LogP contribution is -2.38. The number of fused-ring (bicyclic) bond motifs is 1. The Bertz CT molecular complexity index is 810. The summed E-state index contributed by atoms with van der Waals surface area (Å²) in [5, 5.41) is 10.9. The van der Waals surface area contributed by atoms with Gasteiger partial charge in [0.2, 0.25) is 0 Å². The minimum absolute atomic E-state index is 0.324. The molecule has 0 aromatic heterocycles. The van der Waals surface area contributed by atoms with E-state index < -0.39 is 22.5 Å². The van der Waals surface area contributed by atoms with E-state index in [9.17, 15) is 9.00 Å². The number of nitrogens with one attached hydrogen (secondary N) is 3. The van der Waals surface area contributed by atoms with Gasteiger partial charge < -0.3 is 14.8 Å². The van der Waals surface area contributed by atoms with Crippen LogP contribution in [0.4, 0.5) is 11.4 Å². The minimum Gasteiger partial charge on any atom is -0.480 e. The number of rotatable bonds is 4. The molecule has 1 amide bonds. The SMILES string of the molecule is Cc1cccc2c1OC(C)C(=O)NC2S(=O)Nc1ccc(NO)cc1. The monoisotopic (exact) mass is 361 g/mol. The summed E-state index contributed by atoms with van der Waals surface area (Å²) in [7, 11) is -1.63. The number of ether oxygens (including phenoxy) is 1. The van der Waals surface area contributed by atoms with Crippen molar-refractivity contribution in [1.82, 2.24) is 5.32 Å². The van der Waals surface area contributed by atoms with E-state index in [4.69, 9.17) is 9.94 Å². The molecule has 1 heterocycles. The Kier molecular flexibility index (Phi) is 4.91. The molecule has 0 aliphatic carbocycles. The van der Waals surface area contributed by atoms with Gasteiger partial charge >= 0.3 is 0 Å². The van der Waals surface area contributed by atoms with Crippen molar-refractivity contribution in [2.75, 3.05) is 10.2 Å². The van der Waals surface area contributed by atoms with Crippen LogP contribution in [0.5, 0.6) is 5.75 Å². The van der Waals surface area contributed by atoms with E-state index in [1.54, 1.807) is 37.3 Å². The average Bonchev–Trinajstić information content (AvgIpc) is 2.74. The van der Waals surface area contributed by atoms with E-state index in [1.807, 2.05) is 24.5 Å². The van der Waals surface area contributed by atoms with Crippen LogP contribution in [0.1, 0.15) is 23.4 Å². The first-order valence-electron chi connectivity index (χ1n) is 7.73.